The molecule has 26 heteroatoms. The molecule has 0 saturated heterocycles. The molecule has 0 aromatic heterocycles. The Balaban J connectivity index is -0.0000000794. The molecular weight excluding hydrogens is 536 g/mol. The Labute approximate surface area is 156 Å². The van der Waals surface area contributed by atoms with E-state index in [0.717, 1.165) is 0 Å². The predicted octanol–water partition coefficient (Wildman–Crippen LogP) is -4.45. The Morgan fingerprint density at radius 1 is 0.462 bits per heavy atom. The fourth-order valence-corrected chi connectivity index (χ4v) is 0.632. The molecule has 20 nitrogen and oxygen atoms in total. The first-order valence-electron chi connectivity index (χ1n) is 3.58. The van der Waals surface area contributed by atoms with Crippen molar-refractivity contribution in [2.24, 2.45) is 0 Å². The average molecular weight is 541 g/mol. The summed E-state index contributed by atoms with van der Waals surface area (Å²) in [7, 11) is -24.8. The van der Waals surface area contributed by atoms with E-state index in [2.05, 4.69) is 8.67 Å². The van der Waals surface area contributed by atoms with Gasteiger partial charge in [-0.1, -0.05) is 8.67 Å². The minimum atomic E-state index is -5.02. The van der Waals surface area contributed by atoms with E-state index in [4.69, 9.17) is 61.7 Å². The summed E-state index contributed by atoms with van der Waals surface area (Å²) in [5, 5.41) is 0. The van der Waals surface area contributed by atoms with E-state index in [9.17, 15) is 16.8 Å². The van der Waals surface area contributed by atoms with Crippen molar-refractivity contribution in [2.75, 3.05) is 0 Å². The first-order chi connectivity index (χ1) is 10.2. The maximum atomic E-state index is 9.51. The van der Waals surface area contributed by atoms with Crippen LogP contribution in [0.4, 0.5) is 0 Å². The molecule has 0 atom stereocenters. The summed E-state index contributed by atoms with van der Waals surface area (Å²) in [5.41, 5.74) is 0. The van der Waals surface area contributed by atoms with Crippen LogP contribution in [-0.2, 0) is 77.7 Å². The van der Waals surface area contributed by atoms with Crippen LogP contribution in [0.1, 0.15) is 0 Å². The number of rotatable bonds is 3. The predicted molar refractivity (Wildman–Crippen MR) is 62.2 cm³/mol. The Morgan fingerprint density at radius 3 is 0.577 bits per heavy atom. The van der Waals surface area contributed by atoms with Gasteiger partial charge in [0.25, 0.3) is 0 Å². The standard InChI is InChI=1S/Fe.H2O8S2.3H2O4S/c;1-9(2,3)7-8-10(4,5)6;3*1-5(2,3)4/h;(H,1,2,3)(H,4,5,6);3*(H2,1,2,3,4)/q+3;;;;/p-3. The largest absolute Gasteiger partial charge is 3.00 e. The second kappa shape index (κ2) is 14.0. The van der Waals surface area contributed by atoms with Gasteiger partial charge in [0.1, 0.15) is 0 Å². The van der Waals surface area contributed by atoms with Crippen LogP contribution in [0.25, 0.3) is 0 Å². The number of hydrogen-bond acceptors (Lipinski definition) is 15. The second-order valence-electron chi connectivity index (χ2n) is 2.27. The first kappa shape index (κ1) is 36.7. The van der Waals surface area contributed by atoms with Crippen LogP contribution in [-0.4, -0.2) is 78.5 Å². The molecule has 0 spiro atoms. The van der Waals surface area contributed by atoms with Gasteiger partial charge in [0.2, 0.25) is 31.2 Å². The van der Waals surface area contributed by atoms with E-state index < -0.39 is 52.0 Å². The smallest absolute Gasteiger partial charge is 0.726 e. The molecule has 0 rings (SSSR count). The SMILES string of the molecule is O=S(=O)(O)OOS(=O)(=O)O.O=S(=O)([O-])O.O=S(=O)([O-])O.O=S(=O)([O-])O.[Fe+3]. The van der Waals surface area contributed by atoms with E-state index in [1.54, 1.807) is 0 Å². The molecule has 0 fully saturated rings. The topological polar surface area (TPSA) is 359 Å². The zero-order chi connectivity index (χ0) is 21.9. The van der Waals surface area contributed by atoms with Gasteiger partial charge in [0.05, 0.1) is 0 Å². The molecule has 26 heavy (non-hydrogen) atoms. The van der Waals surface area contributed by atoms with E-state index in [0.29, 0.717) is 0 Å². The minimum Gasteiger partial charge on any atom is -0.726 e. The summed E-state index contributed by atoms with van der Waals surface area (Å²) < 4.78 is 157. The van der Waals surface area contributed by atoms with Crippen LogP contribution in [0.15, 0.2) is 0 Å². The summed E-state index contributed by atoms with van der Waals surface area (Å²) in [6, 6.07) is 0. The summed E-state index contributed by atoms with van der Waals surface area (Å²) in [4.78, 5) is 0. The van der Waals surface area contributed by atoms with Crippen molar-refractivity contribution in [1.82, 2.24) is 0 Å². The van der Waals surface area contributed by atoms with Crippen molar-refractivity contribution in [3.05, 3.63) is 0 Å². The van der Waals surface area contributed by atoms with E-state index in [-0.39, 0.29) is 17.1 Å². The molecule has 0 saturated carbocycles. The van der Waals surface area contributed by atoms with E-state index >= 15 is 0 Å². The van der Waals surface area contributed by atoms with Crippen LogP contribution >= 0.6 is 0 Å². The molecule has 0 amide bonds. The summed E-state index contributed by atoms with van der Waals surface area (Å²) in [6.07, 6.45) is 0. The summed E-state index contributed by atoms with van der Waals surface area (Å²) in [5.74, 6) is 0. The van der Waals surface area contributed by atoms with E-state index in [1.807, 2.05) is 0 Å². The summed E-state index contributed by atoms with van der Waals surface area (Å²) >= 11 is 0. The third kappa shape index (κ3) is 265. The maximum Gasteiger partial charge on any atom is 3.00 e. The molecule has 163 valence electrons. The zero-order valence-corrected chi connectivity index (χ0v) is 15.9. The van der Waals surface area contributed by atoms with Crippen LogP contribution in [0, 0.1) is 0 Å². The Kier molecular flexibility index (Phi) is 19.7. The summed E-state index contributed by atoms with van der Waals surface area (Å²) in [6.45, 7) is 0. The van der Waals surface area contributed by atoms with Gasteiger partial charge in [-0.25, -0.2) is 25.3 Å². The van der Waals surface area contributed by atoms with Crippen molar-refractivity contribution in [3.63, 3.8) is 0 Å². The van der Waals surface area contributed by atoms with Crippen molar-refractivity contribution in [2.45, 2.75) is 0 Å². The average Bonchev–Trinajstić information content (AvgIpc) is 2.03. The molecular formula is H5FeO20S5. The molecule has 0 aromatic rings. The molecule has 1 radical (unpaired) electrons. The van der Waals surface area contributed by atoms with Gasteiger partial charge in [0, 0.05) is 0 Å². The van der Waals surface area contributed by atoms with Gasteiger partial charge in [-0.05, 0) is 0 Å². The minimum absolute atomic E-state index is 0. The molecule has 5 N–H and O–H groups in total. The number of hydrogen-bond donors (Lipinski definition) is 5. The van der Waals surface area contributed by atoms with Crippen LogP contribution in [0.3, 0.4) is 0 Å². The normalized spacial score (nSPS) is 11.8. The van der Waals surface area contributed by atoms with Gasteiger partial charge < -0.3 is 13.7 Å². The fourth-order valence-electron chi connectivity index (χ4n) is 0.0702. The van der Waals surface area contributed by atoms with Crippen molar-refractivity contribution in [3.8, 4) is 0 Å². The molecule has 0 heterocycles. The zero-order valence-electron chi connectivity index (χ0n) is 10.8. The monoisotopic (exact) mass is 541 g/mol. The molecule has 0 aliphatic rings. The quantitative estimate of drug-likeness (QED) is 0.0739. The Morgan fingerprint density at radius 2 is 0.538 bits per heavy atom. The Hall–Kier alpha value is -0.131. The molecule has 0 bridgehead atoms. The van der Waals surface area contributed by atoms with E-state index in [1.165, 1.54) is 0 Å². The fraction of sp³-hybridized carbons (Fsp3) is 0. The van der Waals surface area contributed by atoms with Crippen LogP contribution < -0.4 is 0 Å². The van der Waals surface area contributed by atoms with Crippen molar-refractivity contribution < 1.29 is 104 Å². The van der Waals surface area contributed by atoms with Gasteiger partial charge in [-0.3, -0.25) is 22.8 Å². The molecule has 0 unspecified atom stereocenters. The molecule has 0 aliphatic heterocycles. The molecule has 0 aromatic carbocycles. The first-order valence-corrected chi connectivity index (χ1v) is 10.4. The second-order valence-corrected chi connectivity index (χ2v) is 6.82. The third-order valence-electron chi connectivity index (χ3n) is 0.200. The molecule has 0 aliphatic carbocycles. The van der Waals surface area contributed by atoms with Gasteiger partial charge in [0.15, 0.2) is 0 Å². The van der Waals surface area contributed by atoms with Gasteiger partial charge in [-0.15, -0.1) is 0 Å². The van der Waals surface area contributed by atoms with Crippen LogP contribution in [0.2, 0.25) is 0 Å². The third-order valence-corrected chi connectivity index (χ3v) is 0.766. The van der Waals surface area contributed by atoms with Gasteiger partial charge >= 0.3 is 37.9 Å². The van der Waals surface area contributed by atoms with Crippen molar-refractivity contribution in [1.29, 1.82) is 0 Å². The maximum absolute atomic E-state index is 9.51. The van der Waals surface area contributed by atoms with Crippen LogP contribution in [0.5, 0.6) is 0 Å². The van der Waals surface area contributed by atoms with Gasteiger partial charge in [-0.2, -0.15) is 16.8 Å². The van der Waals surface area contributed by atoms with Crippen molar-refractivity contribution >= 4 is 52.0 Å². The Bertz CT molecular complexity index is 732.